The van der Waals surface area contributed by atoms with Crippen molar-refractivity contribution < 1.29 is 23.6 Å². The summed E-state index contributed by atoms with van der Waals surface area (Å²) >= 11 is 0. The maximum atomic E-state index is 13.8. The summed E-state index contributed by atoms with van der Waals surface area (Å²) in [4.78, 5) is 40.1. The summed E-state index contributed by atoms with van der Waals surface area (Å²) in [7, 11) is -4.40. The van der Waals surface area contributed by atoms with Gasteiger partial charge < -0.3 is 14.3 Å². The zero-order chi connectivity index (χ0) is 29.1. The Morgan fingerprint density at radius 1 is 0.810 bits per heavy atom. The Bertz CT molecular complexity index is 1810. The Labute approximate surface area is 245 Å². The molecule has 0 spiro atoms. The molecule has 1 N–H and O–H groups in total. The average molecular weight is 578 g/mol. The lowest BCUT2D eigenvalue weighted by molar-refractivity contribution is 0.0781. The van der Waals surface area contributed by atoms with Crippen LogP contribution < -0.4 is 4.52 Å². The van der Waals surface area contributed by atoms with Crippen molar-refractivity contribution in [2.75, 3.05) is 19.3 Å². The molecule has 1 aliphatic rings. The van der Waals surface area contributed by atoms with Gasteiger partial charge in [0.1, 0.15) is 11.9 Å². The molecule has 1 saturated heterocycles. The van der Waals surface area contributed by atoms with E-state index in [1.54, 1.807) is 30.3 Å². The number of likely N-dealkylation sites (tertiary alicyclic amines) is 1. The van der Waals surface area contributed by atoms with Crippen LogP contribution >= 0.6 is 7.60 Å². The van der Waals surface area contributed by atoms with E-state index in [0.29, 0.717) is 24.4 Å². The molecule has 0 aromatic heterocycles. The number of rotatable bonds is 9. The lowest BCUT2D eigenvalue weighted by atomic mass is 9.97. The molecule has 0 aliphatic carbocycles. The molecule has 0 bridgehead atoms. The van der Waals surface area contributed by atoms with Crippen molar-refractivity contribution in [1.29, 1.82) is 0 Å². The Morgan fingerprint density at radius 3 is 2.21 bits per heavy atom. The molecule has 7 heteroatoms. The quantitative estimate of drug-likeness (QED) is 0.145. The van der Waals surface area contributed by atoms with Crippen LogP contribution in [0.4, 0.5) is 0 Å². The van der Waals surface area contributed by atoms with Gasteiger partial charge in [0.05, 0.1) is 5.56 Å². The second-order valence-corrected chi connectivity index (χ2v) is 12.7. The molecule has 1 aliphatic heterocycles. The Morgan fingerprint density at radius 2 is 1.45 bits per heavy atom. The van der Waals surface area contributed by atoms with Crippen LogP contribution in [-0.4, -0.2) is 40.7 Å². The van der Waals surface area contributed by atoms with E-state index in [1.807, 2.05) is 71.6 Å². The number of benzene rings is 5. The van der Waals surface area contributed by atoms with Crippen molar-refractivity contribution in [3.05, 3.63) is 126 Å². The molecule has 6 rings (SSSR count). The van der Waals surface area contributed by atoms with E-state index < -0.39 is 19.5 Å². The summed E-state index contributed by atoms with van der Waals surface area (Å²) in [5.41, 5.74) is 1.68. The molecule has 0 saturated carbocycles. The first-order valence-corrected chi connectivity index (χ1v) is 16.0. The van der Waals surface area contributed by atoms with Gasteiger partial charge in [0, 0.05) is 24.0 Å². The van der Waals surface area contributed by atoms with Crippen molar-refractivity contribution in [2.24, 2.45) is 5.92 Å². The van der Waals surface area contributed by atoms with Gasteiger partial charge in [-0.1, -0.05) is 91.0 Å². The molecule has 1 heterocycles. The SMILES string of the molecule is O=C(CP(=O)(O)Oc1cccc2ccccc12)c1cc2ccccc2cc1C(=O)N1CCC(CCc2ccccc2)C1. The zero-order valence-electron chi connectivity index (χ0n) is 23.2. The van der Waals surface area contributed by atoms with Crippen LogP contribution in [0.25, 0.3) is 21.5 Å². The number of fused-ring (bicyclic) bond motifs is 2. The highest BCUT2D eigenvalue weighted by Gasteiger charge is 2.32. The first-order chi connectivity index (χ1) is 20.4. The molecule has 2 unspecified atom stereocenters. The molecular weight excluding hydrogens is 545 g/mol. The van der Waals surface area contributed by atoms with E-state index in [1.165, 1.54) is 5.56 Å². The number of amides is 1. The van der Waals surface area contributed by atoms with Crippen molar-refractivity contribution in [1.82, 2.24) is 4.90 Å². The minimum absolute atomic E-state index is 0.141. The topological polar surface area (TPSA) is 83.9 Å². The third kappa shape index (κ3) is 6.15. The van der Waals surface area contributed by atoms with Gasteiger partial charge in [-0.3, -0.25) is 9.59 Å². The van der Waals surface area contributed by atoms with Crippen LogP contribution in [-0.2, 0) is 11.0 Å². The second-order valence-electron chi connectivity index (χ2n) is 11.0. The molecule has 212 valence electrons. The van der Waals surface area contributed by atoms with Crippen molar-refractivity contribution in [2.45, 2.75) is 19.3 Å². The molecular formula is C35H32NO5P. The van der Waals surface area contributed by atoms with E-state index in [9.17, 15) is 19.0 Å². The fourth-order valence-corrected chi connectivity index (χ4v) is 6.88. The van der Waals surface area contributed by atoms with E-state index in [-0.39, 0.29) is 22.8 Å². The highest BCUT2D eigenvalue weighted by atomic mass is 31.2. The van der Waals surface area contributed by atoms with Gasteiger partial charge in [-0.05, 0) is 65.1 Å². The van der Waals surface area contributed by atoms with Crippen LogP contribution in [0.2, 0.25) is 0 Å². The summed E-state index contributed by atoms with van der Waals surface area (Å²) in [5, 5.41) is 3.15. The number of ketones is 1. The number of hydrogen-bond donors (Lipinski definition) is 1. The van der Waals surface area contributed by atoms with E-state index >= 15 is 0 Å². The van der Waals surface area contributed by atoms with Gasteiger partial charge in [-0.2, -0.15) is 0 Å². The van der Waals surface area contributed by atoms with E-state index in [4.69, 9.17) is 4.52 Å². The summed E-state index contributed by atoms with van der Waals surface area (Å²) < 4.78 is 18.8. The maximum Gasteiger partial charge on any atom is 0.384 e. The van der Waals surface area contributed by atoms with Gasteiger partial charge in [-0.15, -0.1) is 0 Å². The first-order valence-electron chi connectivity index (χ1n) is 14.2. The molecule has 2 atom stereocenters. The number of nitrogens with zero attached hydrogens (tertiary/aromatic N) is 1. The van der Waals surface area contributed by atoms with Crippen LogP contribution in [0.1, 0.15) is 39.1 Å². The standard InChI is InChI=1S/C35H32NO5P/c37-33(24-42(39,40)41-34-16-8-14-27-11-6-7-15-30(27)34)31-21-28-12-4-5-13-29(28)22-32(31)35(38)36-20-19-26(23-36)18-17-25-9-2-1-3-10-25/h1-16,21-22,26H,17-20,23-24H2,(H,39,40). The molecule has 1 amide bonds. The minimum atomic E-state index is -4.40. The van der Waals surface area contributed by atoms with Crippen molar-refractivity contribution >= 4 is 40.8 Å². The van der Waals surface area contributed by atoms with Crippen LogP contribution in [0.3, 0.4) is 0 Å². The van der Waals surface area contributed by atoms with E-state index in [0.717, 1.165) is 35.4 Å². The van der Waals surface area contributed by atoms with Gasteiger partial charge >= 0.3 is 7.60 Å². The Kier molecular flexibility index (Phi) is 7.92. The fraction of sp³-hybridized carbons (Fsp3) is 0.200. The van der Waals surface area contributed by atoms with Crippen LogP contribution in [0.15, 0.2) is 109 Å². The summed E-state index contributed by atoms with van der Waals surface area (Å²) in [6.07, 6.45) is 2.10. The molecule has 6 nitrogen and oxygen atoms in total. The smallest absolute Gasteiger partial charge is 0.384 e. The largest absolute Gasteiger partial charge is 0.424 e. The first kappa shape index (κ1) is 27.9. The van der Waals surface area contributed by atoms with Gasteiger partial charge in [0.2, 0.25) is 0 Å². The highest BCUT2D eigenvalue weighted by Crippen LogP contribution is 2.45. The lowest BCUT2D eigenvalue weighted by Crippen LogP contribution is -2.30. The predicted octanol–water partition coefficient (Wildman–Crippen LogP) is 7.54. The number of carbonyl (C=O) groups excluding carboxylic acids is 2. The third-order valence-electron chi connectivity index (χ3n) is 8.01. The second kappa shape index (κ2) is 11.9. The third-order valence-corrected chi connectivity index (χ3v) is 9.18. The summed E-state index contributed by atoms with van der Waals surface area (Å²) in [6, 6.07) is 33.8. The van der Waals surface area contributed by atoms with E-state index in [2.05, 4.69) is 12.1 Å². The normalized spacial score (nSPS) is 16.4. The minimum Gasteiger partial charge on any atom is -0.424 e. The van der Waals surface area contributed by atoms with Crippen molar-refractivity contribution in [3.63, 3.8) is 0 Å². The van der Waals surface area contributed by atoms with Crippen LogP contribution in [0, 0.1) is 5.92 Å². The monoisotopic (exact) mass is 577 g/mol. The Balaban J connectivity index is 1.23. The predicted molar refractivity (Wildman–Crippen MR) is 166 cm³/mol. The highest BCUT2D eigenvalue weighted by molar-refractivity contribution is 7.54. The summed E-state index contributed by atoms with van der Waals surface area (Å²) in [5.74, 6) is -0.218. The molecule has 5 aromatic rings. The molecule has 5 aromatic carbocycles. The van der Waals surface area contributed by atoms with Crippen LogP contribution in [0.5, 0.6) is 5.75 Å². The number of Topliss-reactive ketones (excluding diaryl/α,β-unsaturated/α-hetero) is 1. The Hall–Kier alpha value is -4.25. The summed E-state index contributed by atoms with van der Waals surface area (Å²) in [6.45, 7) is 1.23. The maximum absolute atomic E-state index is 13.8. The van der Waals surface area contributed by atoms with Gasteiger partial charge in [0.25, 0.3) is 5.91 Å². The lowest BCUT2D eigenvalue weighted by Gasteiger charge is -2.20. The number of aryl methyl sites for hydroxylation is 1. The zero-order valence-corrected chi connectivity index (χ0v) is 24.1. The molecule has 1 fully saturated rings. The fourth-order valence-electron chi connectivity index (χ4n) is 5.81. The average Bonchev–Trinajstić information content (AvgIpc) is 3.48. The van der Waals surface area contributed by atoms with Gasteiger partial charge in [-0.25, -0.2) is 4.57 Å². The van der Waals surface area contributed by atoms with Crippen molar-refractivity contribution in [3.8, 4) is 5.75 Å². The number of carbonyl (C=O) groups is 2. The molecule has 0 radical (unpaired) electrons. The van der Waals surface area contributed by atoms with Gasteiger partial charge in [0.15, 0.2) is 5.78 Å². The number of hydrogen-bond acceptors (Lipinski definition) is 4. The molecule has 42 heavy (non-hydrogen) atoms.